The Labute approximate surface area is 123 Å². The molecule has 2 saturated heterocycles. The smallest absolute Gasteiger partial charge is 0.0210 e. The van der Waals surface area contributed by atoms with Gasteiger partial charge in [0.15, 0.2) is 0 Å². The van der Waals surface area contributed by atoms with Gasteiger partial charge in [-0.3, -0.25) is 0 Å². The minimum atomic E-state index is 0.710. The standard InChI is InChI=1S/C18H28N2/c1-13-6-4-7-15(14(13)2)12-19-16-10-17-8-5-9-18(11-16)20(17)3/h4,6-7,16-19H,5,8-12H2,1-3H3. The Morgan fingerprint density at radius 2 is 1.85 bits per heavy atom. The van der Waals surface area contributed by atoms with Gasteiger partial charge in [0.25, 0.3) is 0 Å². The van der Waals surface area contributed by atoms with E-state index >= 15 is 0 Å². The lowest BCUT2D eigenvalue weighted by atomic mass is 9.82. The molecule has 2 fully saturated rings. The van der Waals surface area contributed by atoms with Crippen molar-refractivity contribution in [2.24, 2.45) is 0 Å². The molecule has 0 aromatic heterocycles. The summed E-state index contributed by atoms with van der Waals surface area (Å²) in [7, 11) is 2.33. The first-order valence-corrected chi connectivity index (χ1v) is 8.15. The minimum absolute atomic E-state index is 0.710. The number of fused-ring (bicyclic) bond motifs is 2. The van der Waals surface area contributed by atoms with Gasteiger partial charge in [-0.05, 0) is 63.3 Å². The molecular formula is C18H28N2. The maximum atomic E-state index is 3.83. The van der Waals surface area contributed by atoms with Gasteiger partial charge >= 0.3 is 0 Å². The molecule has 0 radical (unpaired) electrons. The van der Waals surface area contributed by atoms with Crippen LogP contribution >= 0.6 is 0 Å². The van der Waals surface area contributed by atoms with Crippen LogP contribution in [0.5, 0.6) is 0 Å². The summed E-state index contributed by atoms with van der Waals surface area (Å²) in [5.74, 6) is 0. The number of rotatable bonds is 3. The molecule has 2 aliphatic heterocycles. The number of nitrogens with zero attached hydrogens (tertiary/aromatic N) is 1. The number of nitrogens with one attached hydrogen (secondary N) is 1. The maximum absolute atomic E-state index is 3.83. The van der Waals surface area contributed by atoms with Crippen LogP contribution in [-0.2, 0) is 6.54 Å². The Morgan fingerprint density at radius 3 is 2.55 bits per heavy atom. The van der Waals surface area contributed by atoms with Crippen molar-refractivity contribution in [2.75, 3.05) is 7.05 Å². The van der Waals surface area contributed by atoms with Gasteiger partial charge in [-0.1, -0.05) is 24.6 Å². The highest BCUT2D eigenvalue weighted by molar-refractivity contribution is 5.33. The molecule has 0 amide bonds. The van der Waals surface area contributed by atoms with Crippen LogP contribution in [-0.4, -0.2) is 30.1 Å². The first kappa shape index (κ1) is 14.1. The van der Waals surface area contributed by atoms with Crippen molar-refractivity contribution in [2.45, 2.75) is 70.6 Å². The second-order valence-corrected chi connectivity index (χ2v) is 6.81. The fraction of sp³-hybridized carbons (Fsp3) is 0.667. The zero-order valence-corrected chi connectivity index (χ0v) is 13.2. The number of hydrogen-bond acceptors (Lipinski definition) is 2. The van der Waals surface area contributed by atoms with Crippen molar-refractivity contribution in [3.63, 3.8) is 0 Å². The molecule has 2 heterocycles. The van der Waals surface area contributed by atoms with Crippen molar-refractivity contribution < 1.29 is 0 Å². The van der Waals surface area contributed by atoms with E-state index in [0.717, 1.165) is 18.6 Å². The van der Waals surface area contributed by atoms with Crippen LogP contribution < -0.4 is 5.32 Å². The molecule has 3 rings (SSSR count). The summed E-state index contributed by atoms with van der Waals surface area (Å²) < 4.78 is 0. The van der Waals surface area contributed by atoms with E-state index in [1.165, 1.54) is 48.8 Å². The van der Waals surface area contributed by atoms with E-state index in [0.29, 0.717) is 6.04 Å². The summed E-state index contributed by atoms with van der Waals surface area (Å²) in [6.07, 6.45) is 6.89. The van der Waals surface area contributed by atoms with Gasteiger partial charge in [-0.15, -0.1) is 0 Å². The third kappa shape index (κ3) is 2.77. The molecule has 2 aliphatic rings. The molecule has 2 heteroatoms. The Morgan fingerprint density at radius 1 is 1.15 bits per heavy atom. The third-order valence-corrected chi connectivity index (χ3v) is 5.64. The Bertz CT molecular complexity index is 454. The molecule has 2 unspecified atom stereocenters. The first-order chi connectivity index (χ1) is 9.65. The largest absolute Gasteiger partial charge is 0.310 e. The van der Waals surface area contributed by atoms with Gasteiger partial charge in [0.05, 0.1) is 0 Å². The lowest BCUT2D eigenvalue weighted by Crippen LogP contribution is -2.54. The average Bonchev–Trinajstić information content (AvgIpc) is 2.41. The Balaban J connectivity index is 1.60. The molecule has 20 heavy (non-hydrogen) atoms. The summed E-state index contributed by atoms with van der Waals surface area (Å²) in [6, 6.07) is 9.01. The highest BCUT2D eigenvalue weighted by atomic mass is 15.2. The molecule has 2 atom stereocenters. The van der Waals surface area contributed by atoms with E-state index < -0.39 is 0 Å². The van der Waals surface area contributed by atoms with E-state index in [1.807, 2.05) is 0 Å². The normalized spacial score (nSPS) is 30.4. The van der Waals surface area contributed by atoms with E-state index in [-0.39, 0.29) is 0 Å². The number of benzene rings is 1. The highest BCUT2D eigenvalue weighted by Crippen LogP contribution is 2.32. The van der Waals surface area contributed by atoms with E-state index in [9.17, 15) is 0 Å². The average molecular weight is 272 g/mol. The van der Waals surface area contributed by atoms with E-state index in [4.69, 9.17) is 0 Å². The Hall–Kier alpha value is -0.860. The fourth-order valence-corrected chi connectivity index (χ4v) is 4.04. The van der Waals surface area contributed by atoms with E-state index in [1.54, 1.807) is 0 Å². The van der Waals surface area contributed by atoms with Gasteiger partial charge in [0, 0.05) is 24.7 Å². The minimum Gasteiger partial charge on any atom is -0.310 e. The predicted molar refractivity (Wildman–Crippen MR) is 85.0 cm³/mol. The van der Waals surface area contributed by atoms with Crippen LogP contribution in [0.3, 0.4) is 0 Å². The molecule has 110 valence electrons. The molecule has 2 nitrogen and oxygen atoms in total. The summed E-state index contributed by atoms with van der Waals surface area (Å²) in [6.45, 7) is 5.48. The van der Waals surface area contributed by atoms with Crippen molar-refractivity contribution >= 4 is 0 Å². The highest BCUT2D eigenvalue weighted by Gasteiger charge is 2.35. The van der Waals surface area contributed by atoms with Crippen LogP contribution in [0.4, 0.5) is 0 Å². The van der Waals surface area contributed by atoms with Crippen LogP contribution in [0.2, 0.25) is 0 Å². The molecule has 1 N–H and O–H groups in total. The van der Waals surface area contributed by atoms with Gasteiger partial charge < -0.3 is 10.2 Å². The topological polar surface area (TPSA) is 15.3 Å². The first-order valence-electron chi connectivity index (χ1n) is 8.15. The second kappa shape index (κ2) is 5.87. The molecule has 0 spiro atoms. The third-order valence-electron chi connectivity index (χ3n) is 5.64. The monoisotopic (exact) mass is 272 g/mol. The SMILES string of the molecule is Cc1cccc(CNC2CC3CCCC(C2)N3C)c1C. The number of piperidine rings is 2. The lowest BCUT2D eigenvalue weighted by molar-refractivity contribution is 0.0482. The fourth-order valence-electron chi connectivity index (χ4n) is 4.04. The summed E-state index contributed by atoms with van der Waals surface area (Å²) in [5.41, 5.74) is 4.33. The Kier molecular flexibility index (Phi) is 4.13. The van der Waals surface area contributed by atoms with Crippen molar-refractivity contribution in [3.8, 4) is 0 Å². The lowest BCUT2D eigenvalue weighted by Gasteiger charge is -2.47. The van der Waals surface area contributed by atoms with Crippen LogP contribution in [0.1, 0.15) is 48.8 Å². The van der Waals surface area contributed by atoms with Gasteiger partial charge in [-0.2, -0.15) is 0 Å². The molecular weight excluding hydrogens is 244 g/mol. The van der Waals surface area contributed by atoms with Crippen molar-refractivity contribution in [1.82, 2.24) is 10.2 Å². The van der Waals surface area contributed by atoms with Crippen LogP contribution in [0, 0.1) is 13.8 Å². The number of hydrogen-bond donors (Lipinski definition) is 1. The van der Waals surface area contributed by atoms with Crippen LogP contribution in [0.25, 0.3) is 0 Å². The molecule has 2 bridgehead atoms. The zero-order chi connectivity index (χ0) is 14.1. The van der Waals surface area contributed by atoms with E-state index in [2.05, 4.69) is 49.3 Å². The molecule has 0 saturated carbocycles. The van der Waals surface area contributed by atoms with Crippen molar-refractivity contribution in [3.05, 3.63) is 34.9 Å². The van der Waals surface area contributed by atoms with Crippen LogP contribution in [0.15, 0.2) is 18.2 Å². The molecule has 1 aromatic rings. The summed E-state index contributed by atoms with van der Waals surface area (Å²) in [5, 5.41) is 3.83. The summed E-state index contributed by atoms with van der Waals surface area (Å²) >= 11 is 0. The maximum Gasteiger partial charge on any atom is 0.0210 e. The van der Waals surface area contributed by atoms with Crippen molar-refractivity contribution in [1.29, 1.82) is 0 Å². The molecule has 1 aromatic carbocycles. The molecule has 0 aliphatic carbocycles. The zero-order valence-electron chi connectivity index (χ0n) is 13.2. The summed E-state index contributed by atoms with van der Waals surface area (Å²) in [4.78, 5) is 2.64. The van der Waals surface area contributed by atoms with Gasteiger partial charge in [0.2, 0.25) is 0 Å². The number of aryl methyl sites for hydroxylation is 1. The van der Waals surface area contributed by atoms with Gasteiger partial charge in [-0.25, -0.2) is 0 Å². The second-order valence-electron chi connectivity index (χ2n) is 6.81. The van der Waals surface area contributed by atoms with Gasteiger partial charge in [0.1, 0.15) is 0 Å². The predicted octanol–water partition coefficient (Wildman–Crippen LogP) is 3.41. The quantitative estimate of drug-likeness (QED) is 0.907.